The van der Waals surface area contributed by atoms with E-state index < -0.39 is 0 Å². The number of benzene rings is 1. The second kappa shape index (κ2) is 10.9. The summed E-state index contributed by atoms with van der Waals surface area (Å²) >= 11 is 0. The Morgan fingerprint density at radius 1 is 1.28 bits per heavy atom. The van der Waals surface area contributed by atoms with E-state index in [2.05, 4.69) is 15.3 Å². The van der Waals surface area contributed by atoms with E-state index in [-0.39, 0.29) is 17.7 Å². The predicted octanol–water partition coefficient (Wildman–Crippen LogP) is 1.49. The number of amides is 2. The Labute approximate surface area is 188 Å². The number of methoxy groups -OCH3 is 2. The third-order valence-electron chi connectivity index (χ3n) is 5.46. The third-order valence-corrected chi connectivity index (χ3v) is 5.46. The predicted molar refractivity (Wildman–Crippen MR) is 121 cm³/mol. The van der Waals surface area contributed by atoms with Crippen molar-refractivity contribution in [2.75, 3.05) is 59.5 Å². The second-order valence-electron chi connectivity index (χ2n) is 7.97. The van der Waals surface area contributed by atoms with Gasteiger partial charge in [-0.2, -0.15) is 0 Å². The first-order valence-corrected chi connectivity index (χ1v) is 10.6. The summed E-state index contributed by atoms with van der Waals surface area (Å²) in [6.45, 7) is 1.97. The SMILES string of the molecule is COCCNC(=O)c1cnc(N(C)C)nc1C1CCN(C(=O)Cc2cccc(OC)c2)C1. The van der Waals surface area contributed by atoms with Crippen molar-refractivity contribution in [1.82, 2.24) is 20.2 Å². The quantitative estimate of drug-likeness (QED) is 0.589. The van der Waals surface area contributed by atoms with Gasteiger partial charge in [0, 0.05) is 53.0 Å². The summed E-state index contributed by atoms with van der Waals surface area (Å²) in [6, 6.07) is 7.54. The van der Waals surface area contributed by atoms with Crippen molar-refractivity contribution in [1.29, 1.82) is 0 Å². The van der Waals surface area contributed by atoms with Crippen LogP contribution in [0.4, 0.5) is 5.95 Å². The van der Waals surface area contributed by atoms with Crippen LogP contribution in [0.25, 0.3) is 0 Å². The van der Waals surface area contributed by atoms with Gasteiger partial charge in [-0.05, 0) is 24.1 Å². The Hall–Kier alpha value is -3.20. The van der Waals surface area contributed by atoms with E-state index in [0.717, 1.165) is 17.7 Å². The van der Waals surface area contributed by atoms with E-state index in [1.807, 2.05) is 43.3 Å². The number of carbonyl (C=O) groups is 2. The van der Waals surface area contributed by atoms with E-state index in [1.165, 1.54) is 0 Å². The molecule has 0 spiro atoms. The second-order valence-corrected chi connectivity index (χ2v) is 7.97. The van der Waals surface area contributed by atoms with Crippen molar-refractivity contribution < 1.29 is 19.1 Å². The lowest BCUT2D eigenvalue weighted by Gasteiger charge is -2.19. The van der Waals surface area contributed by atoms with Gasteiger partial charge < -0.3 is 24.6 Å². The molecule has 9 nitrogen and oxygen atoms in total. The summed E-state index contributed by atoms with van der Waals surface area (Å²) in [5.41, 5.74) is 2.03. The average molecular weight is 442 g/mol. The van der Waals surface area contributed by atoms with Crippen molar-refractivity contribution in [3.63, 3.8) is 0 Å². The van der Waals surface area contributed by atoms with Crippen LogP contribution in [0.15, 0.2) is 30.5 Å². The van der Waals surface area contributed by atoms with Crippen LogP contribution in [0.5, 0.6) is 5.75 Å². The van der Waals surface area contributed by atoms with Gasteiger partial charge in [-0.15, -0.1) is 0 Å². The van der Waals surface area contributed by atoms with Gasteiger partial charge in [0.05, 0.1) is 31.4 Å². The summed E-state index contributed by atoms with van der Waals surface area (Å²) in [6.07, 6.45) is 2.62. The lowest BCUT2D eigenvalue weighted by atomic mass is 9.99. The zero-order valence-corrected chi connectivity index (χ0v) is 19.1. The molecule has 1 fully saturated rings. The number of rotatable bonds is 9. The normalized spacial score (nSPS) is 15.5. The lowest BCUT2D eigenvalue weighted by molar-refractivity contribution is -0.129. The first kappa shape index (κ1) is 23.5. The molecule has 2 amide bonds. The fraction of sp³-hybridized carbons (Fsp3) is 0.478. The Morgan fingerprint density at radius 2 is 2.09 bits per heavy atom. The molecule has 2 aromatic rings. The van der Waals surface area contributed by atoms with Crippen LogP contribution in [0.2, 0.25) is 0 Å². The van der Waals surface area contributed by atoms with Crippen molar-refractivity contribution in [2.24, 2.45) is 0 Å². The number of anilines is 1. The summed E-state index contributed by atoms with van der Waals surface area (Å²) in [5.74, 6) is 1.05. The first-order valence-electron chi connectivity index (χ1n) is 10.6. The minimum atomic E-state index is -0.233. The largest absolute Gasteiger partial charge is 0.497 e. The molecule has 2 heterocycles. The van der Waals surface area contributed by atoms with Gasteiger partial charge in [0.15, 0.2) is 0 Å². The van der Waals surface area contributed by atoms with Gasteiger partial charge in [0.25, 0.3) is 5.91 Å². The number of hydrogen-bond donors (Lipinski definition) is 1. The van der Waals surface area contributed by atoms with Crippen molar-refractivity contribution in [3.8, 4) is 5.75 Å². The maximum atomic E-state index is 12.9. The highest BCUT2D eigenvalue weighted by atomic mass is 16.5. The third kappa shape index (κ3) is 5.73. The molecule has 1 aromatic carbocycles. The van der Waals surface area contributed by atoms with Gasteiger partial charge in [0.2, 0.25) is 11.9 Å². The first-order chi connectivity index (χ1) is 15.4. The Kier molecular flexibility index (Phi) is 7.99. The Bertz CT molecular complexity index is 950. The Balaban J connectivity index is 1.74. The summed E-state index contributed by atoms with van der Waals surface area (Å²) in [7, 11) is 6.91. The van der Waals surface area contributed by atoms with Gasteiger partial charge in [0.1, 0.15) is 5.75 Å². The fourth-order valence-electron chi connectivity index (χ4n) is 3.73. The van der Waals surface area contributed by atoms with Crippen LogP contribution in [0, 0.1) is 0 Å². The highest BCUT2D eigenvalue weighted by Gasteiger charge is 2.31. The molecule has 0 bridgehead atoms. The molecule has 1 aromatic heterocycles. The fourth-order valence-corrected chi connectivity index (χ4v) is 3.73. The molecule has 9 heteroatoms. The molecule has 3 rings (SSSR count). The molecule has 0 saturated carbocycles. The molecule has 32 heavy (non-hydrogen) atoms. The summed E-state index contributed by atoms with van der Waals surface area (Å²) in [5, 5.41) is 2.84. The number of nitrogens with zero attached hydrogens (tertiary/aromatic N) is 4. The van der Waals surface area contributed by atoms with E-state index in [9.17, 15) is 9.59 Å². The molecular weight excluding hydrogens is 410 g/mol. The number of ether oxygens (including phenoxy) is 2. The smallest absolute Gasteiger partial charge is 0.254 e. The summed E-state index contributed by atoms with van der Waals surface area (Å²) in [4.78, 5) is 38.3. The summed E-state index contributed by atoms with van der Waals surface area (Å²) < 4.78 is 10.3. The zero-order chi connectivity index (χ0) is 23.1. The molecule has 1 aliphatic heterocycles. The monoisotopic (exact) mass is 441 g/mol. The van der Waals surface area contributed by atoms with E-state index in [1.54, 1.807) is 25.3 Å². The van der Waals surface area contributed by atoms with Gasteiger partial charge in [-0.1, -0.05) is 12.1 Å². The molecule has 0 radical (unpaired) electrons. The molecule has 1 N–H and O–H groups in total. The van der Waals surface area contributed by atoms with E-state index >= 15 is 0 Å². The average Bonchev–Trinajstić information content (AvgIpc) is 3.29. The van der Waals surface area contributed by atoms with E-state index in [4.69, 9.17) is 9.47 Å². The molecule has 172 valence electrons. The topological polar surface area (TPSA) is 96.9 Å². The molecule has 1 aliphatic rings. The minimum Gasteiger partial charge on any atom is -0.497 e. The number of hydrogen-bond acceptors (Lipinski definition) is 7. The number of carbonyl (C=O) groups excluding carboxylic acids is 2. The number of likely N-dealkylation sites (tertiary alicyclic amines) is 1. The molecular formula is C23H31N5O4. The maximum Gasteiger partial charge on any atom is 0.254 e. The van der Waals surface area contributed by atoms with E-state index in [0.29, 0.717) is 49.9 Å². The van der Waals surface area contributed by atoms with Crippen LogP contribution >= 0.6 is 0 Å². The van der Waals surface area contributed by atoms with Crippen LogP contribution in [0.1, 0.15) is 34.0 Å². The highest BCUT2D eigenvalue weighted by molar-refractivity contribution is 5.95. The highest BCUT2D eigenvalue weighted by Crippen LogP contribution is 2.29. The Morgan fingerprint density at radius 3 is 2.81 bits per heavy atom. The molecule has 1 saturated heterocycles. The maximum absolute atomic E-state index is 12.9. The molecule has 0 aliphatic carbocycles. The van der Waals surface area contributed by atoms with Crippen LogP contribution in [-0.4, -0.2) is 81.2 Å². The van der Waals surface area contributed by atoms with Gasteiger partial charge in [-0.25, -0.2) is 9.97 Å². The van der Waals surface area contributed by atoms with Gasteiger partial charge >= 0.3 is 0 Å². The molecule has 1 unspecified atom stereocenters. The zero-order valence-electron chi connectivity index (χ0n) is 19.1. The van der Waals surface area contributed by atoms with Crippen molar-refractivity contribution in [3.05, 3.63) is 47.3 Å². The number of nitrogens with one attached hydrogen (secondary N) is 1. The van der Waals surface area contributed by atoms with Crippen LogP contribution < -0.4 is 15.0 Å². The van der Waals surface area contributed by atoms with Crippen LogP contribution in [0.3, 0.4) is 0 Å². The van der Waals surface area contributed by atoms with Crippen molar-refractivity contribution in [2.45, 2.75) is 18.8 Å². The molecule has 1 atom stereocenters. The minimum absolute atomic E-state index is 0.0332. The lowest BCUT2D eigenvalue weighted by Crippen LogP contribution is -2.31. The van der Waals surface area contributed by atoms with Crippen LogP contribution in [-0.2, 0) is 16.0 Å². The standard InChI is InChI=1S/C23H31N5O4/c1-27(2)23-25-14-19(22(30)24-9-11-31-3)21(26-23)17-8-10-28(15-17)20(29)13-16-6-5-7-18(12-16)32-4/h5-7,12,14,17H,8-11,13,15H2,1-4H3,(H,24,30). The number of aromatic nitrogens is 2. The van der Waals surface area contributed by atoms with Gasteiger partial charge in [-0.3, -0.25) is 9.59 Å². The van der Waals surface area contributed by atoms with Crippen molar-refractivity contribution >= 4 is 17.8 Å².